The molecule has 0 bridgehead atoms. The summed E-state index contributed by atoms with van der Waals surface area (Å²) < 4.78 is 15.0. The topological polar surface area (TPSA) is 30.9 Å². The first-order valence-corrected chi connectivity index (χ1v) is 6.67. The zero-order valence-corrected chi connectivity index (χ0v) is 11.5. The van der Waals surface area contributed by atoms with E-state index in [4.69, 9.17) is 18.0 Å². The first-order chi connectivity index (χ1) is 9.63. The van der Waals surface area contributed by atoms with Crippen molar-refractivity contribution in [2.75, 3.05) is 0 Å². The lowest BCUT2D eigenvalue weighted by molar-refractivity contribution is 0.626. The van der Waals surface area contributed by atoms with E-state index in [0.717, 1.165) is 22.0 Å². The van der Waals surface area contributed by atoms with Crippen molar-refractivity contribution in [3.63, 3.8) is 0 Å². The van der Waals surface area contributed by atoms with Crippen LogP contribution >= 0.6 is 12.2 Å². The third-order valence-corrected chi connectivity index (χ3v) is 3.56. The number of halogens is 1. The molecule has 0 amide bonds. The molecule has 1 heterocycles. The van der Waals surface area contributed by atoms with Gasteiger partial charge in [0, 0.05) is 29.2 Å². The van der Waals surface area contributed by atoms with Gasteiger partial charge in [-0.25, -0.2) is 4.39 Å². The summed E-state index contributed by atoms with van der Waals surface area (Å²) in [6.07, 6.45) is 2.01. The Hall–Kier alpha value is -2.20. The van der Waals surface area contributed by atoms with Gasteiger partial charge in [-0.1, -0.05) is 24.4 Å². The molecule has 0 fully saturated rings. The molecule has 0 saturated carbocycles. The van der Waals surface area contributed by atoms with Crippen molar-refractivity contribution in [1.29, 1.82) is 0 Å². The van der Waals surface area contributed by atoms with Gasteiger partial charge in [0.2, 0.25) is 0 Å². The average Bonchev–Trinajstić information content (AvgIpc) is 2.84. The molecule has 0 radical (unpaired) electrons. The number of rotatable bonds is 3. The summed E-state index contributed by atoms with van der Waals surface area (Å²) in [6, 6.07) is 14.5. The first-order valence-electron chi connectivity index (χ1n) is 6.26. The Kier molecular flexibility index (Phi) is 3.24. The third kappa shape index (κ3) is 2.42. The minimum atomic E-state index is -0.216. The average molecular weight is 284 g/mol. The van der Waals surface area contributed by atoms with Crippen LogP contribution in [0.2, 0.25) is 0 Å². The number of nitrogens with zero attached hydrogens (tertiary/aromatic N) is 1. The Balaban J connectivity index is 1.96. The van der Waals surface area contributed by atoms with Gasteiger partial charge < -0.3 is 10.3 Å². The fourth-order valence-corrected chi connectivity index (χ4v) is 2.40. The minimum Gasteiger partial charge on any atom is -0.389 e. The van der Waals surface area contributed by atoms with Crippen LogP contribution in [0.5, 0.6) is 0 Å². The van der Waals surface area contributed by atoms with E-state index in [2.05, 4.69) is 4.57 Å². The molecular formula is C16H13FN2S. The van der Waals surface area contributed by atoms with E-state index in [-0.39, 0.29) is 5.82 Å². The summed E-state index contributed by atoms with van der Waals surface area (Å²) in [7, 11) is 0. The Morgan fingerprint density at radius 2 is 1.85 bits per heavy atom. The Morgan fingerprint density at radius 1 is 1.10 bits per heavy atom. The predicted molar refractivity (Wildman–Crippen MR) is 83.3 cm³/mol. The van der Waals surface area contributed by atoms with Crippen LogP contribution < -0.4 is 5.73 Å². The maximum absolute atomic E-state index is 12.9. The summed E-state index contributed by atoms with van der Waals surface area (Å²) in [5.74, 6) is -0.216. The second-order valence-electron chi connectivity index (χ2n) is 4.71. The molecular weight excluding hydrogens is 271 g/mol. The number of hydrogen-bond acceptors (Lipinski definition) is 1. The van der Waals surface area contributed by atoms with E-state index in [1.807, 2.05) is 30.5 Å². The monoisotopic (exact) mass is 284 g/mol. The molecule has 0 unspecified atom stereocenters. The first kappa shape index (κ1) is 12.8. The molecule has 3 aromatic rings. The Labute approximate surface area is 121 Å². The van der Waals surface area contributed by atoms with Crippen LogP contribution in [0.3, 0.4) is 0 Å². The van der Waals surface area contributed by atoms with Crippen molar-refractivity contribution >= 4 is 28.1 Å². The van der Waals surface area contributed by atoms with Crippen molar-refractivity contribution in [3.8, 4) is 0 Å². The molecule has 0 aliphatic heterocycles. The Bertz CT molecular complexity index is 775. The third-order valence-electron chi connectivity index (χ3n) is 3.32. The van der Waals surface area contributed by atoms with Gasteiger partial charge in [0.05, 0.1) is 0 Å². The summed E-state index contributed by atoms with van der Waals surface area (Å²) in [4.78, 5) is 0.401. The van der Waals surface area contributed by atoms with Crippen LogP contribution in [0.4, 0.5) is 4.39 Å². The highest BCUT2D eigenvalue weighted by Gasteiger charge is 2.04. The summed E-state index contributed by atoms with van der Waals surface area (Å²) >= 11 is 4.98. The molecule has 3 rings (SSSR count). The summed E-state index contributed by atoms with van der Waals surface area (Å²) in [6.45, 7) is 0.705. The highest BCUT2D eigenvalue weighted by Crippen LogP contribution is 2.19. The molecule has 0 aliphatic carbocycles. The maximum atomic E-state index is 12.9. The van der Waals surface area contributed by atoms with Gasteiger partial charge in [-0.05, 0) is 42.0 Å². The smallest absolute Gasteiger partial charge is 0.123 e. The van der Waals surface area contributed by atoms with Gasteiger partial charge in [0.25, 0.3) is 0 Å². The molecule has 2 nitrogen and oxygen atoms in total. The Morgan fingerprint density at radius 3 is 2.55 bits per heavy atom. The minimum absolute atomic E-state index is 0.216. The van der Waals surface area contributed by atoms with E-state index in [9.17, 15) is 4.39 Å². The summed E-state index contributed by atoms with van der Waals surface area (Å²) in [5.41, 5.74) is 8.67. The lowest BCUT2D eigenvalue weighted by Crippen LogP contribution is -2.08. The quantitative estimate of drug-likeness (QED) is 0.747. The molecule has 0 aliphatic rings. The van der Waals surface area contributed by atoms with Gasteiger partial charge in [-0.15, -0.1) is 0 Å². The van der Waals surface area contributed by atoms with Crippen LogP contribution in [0, 0.1) is 5.82 Å². The highest BCUT2D eigenvalue weighted by atomic mass is 32.1. The van der Waals surface area contributed by atoms with Crippen molar-refractivity contribution in [2.45, 2.75) is 6.54 Å². The lowest BCUT2D eigenvalue weighted by Gasteiger charge is -2.06. The number of aromatic nitrogens is 1. The highest BCUT2D eigenvalue weighted by molar-refractivity contribution is 7.80. The fourth-order valence-electron chi connectivity index (χ4n) is 2.28. The number of thiocarbonyl (C=S) groups is 1. The van der Waals surface area contributed by atoms with Crippen LogP contribution in [0.15, 0.2) is 54.7 Å². The van der Waals surface area contributed by atoms with E-state index in [0.29, 0.717) is 11.5 Å². The van der Waals surface area contributed by atoms with Crippen molar-refractivity contribution in [1.82, 2.24) is 4.57 Å². The molecule has 2 N–H and O–H groups in total. The normalized spacial score (nSPS) is 10.8. The standard InChI is InChI=1S/C16H13FN2S/c17-14-4-1-11(2-5-14)10-19-8-7-12-9-13(16(18)20)3-6-15(12)19/h1-9H,10H2,(H2,18,20). The number of hydrogen-bond donors (Lipinski definition) is 1. The van der Waals surface area contributed by atoms with Gasteiger partial charge >= 0.3 is 0 Å². The van der Waals surface area contributed by atoms with E-state index >= 15 is 0 Å². The van der Waals surface area contributed by atoms with Crippen LogP contribution in [0.1, 0.15) is 11.1 Å². The van der Waals surface area contributed by atoms with Gasteiger partial charge in [-0.2, -0.15) is 0 Å². The van der Waals surface area contributed by atoms with Crippen LogP contribution in [-0.2, 0) is 6.54 Å². The fraction of sp³-hybridized carbons (Fsp3) is 0.0625. The zero-order chi connectivity index (χ0) is 14.1. The number of nitrogens with two attached hydrogens (primary N) is 1. The largest absolute Gasteiger partial charge is 0.389 e. The zero-order valence-electron chi connectivity index (χ0n) is 10.7. The van der Waals surface area contributed by atoms with Crippen molar-refractivity contribution in [3.05, 3.63) is 71.7 Å². The van der Waals surface area contributed by atoms with Gasteiger partial charge in [-0.3, -0.25) is 0 Å². The van der Waals surface area contributed by atoms with Gasteiger partial charge in [0.15, 0.2) is 0 Å². The molecule has 0 saturated heterocycles. The molecule has 4 heteroatoms. The second kappa shape index (κ2) is 5.06. The van der Waals surface area contributed by atoms with Crippen molar-refractivity contribution in [2.24, 2.45) is 5.73 Å². The number of benzene rings is 2. The molecule has 100 valence electrons. The SMILES string of the molecule is NC(=S)c1ccc2c(ccn2Cc2ccc(F)cc2)c1. The predicted octanol–water partition coefficient (Wildman–Crippen LogP) is 3.46. The lowest BCUT2D eigenvalue weighted by atomic mass is 10.1. The van der Waals surface area contributed by atoms with Crippen LogP contribution in [-0.4, -0.2) is 9.56 Å². The van der Waals surface area contributed by atoms with Crippen molar-refractivity contribution < 1.29 is 4.39 Å². The summed E-state index contributed by atoms with van der Waals surface area (Å²) in [5, 5.41) is 1.09. The molecule has 20 heavy (non-hydrogen) atoms. The van der Waals surface area contributed by atoms with E-state index in [1.54, 1.807) is 12.1 Å². The van der Waals surface area contributed by atoms with E-state index in [1.165, 1.54) is 12.1 Å². The number of fused-ring (bicyclic) bond motifs is 1. The van der Waals surface area contributed by atoms with Crippen LogP contribution in [0.25, 0.3) is 10.9 Å². The molecule has 0 atom stereocenters. The van der Waals surface area contributed by atoms with E-state index < -0.39 is 0 Å². The second-order valence-corrected chi connectivity index (χ2v) is 5.15. The van der Waals surface area contributed by atoms with Gasteiger partial charge in [0.1, 0.15) is 10.8 Å². The molecule has 1 aromatic heterocycles. The maximum Gasteiger partial charge on any atom is 0.123 e. The molecule has 0 spiro atoms. The molecule has 2 aromatic carbocycles.